The molecule has 2 aromatic rings. The maximum Gasteiger partial charge on any atom is 0.324 e. The molecule has 2 rings (SSSR count). The van der Waals surface area contributed by atoms with E-state index in [1.807, 2.05) is 6.92 Å². The number of rotatable bonds is 4. The van der Waals surface area contributed by atoms with Crippen LogP contribution < -0.4 is 5.32 Å². The number of nitrogens with zero attached hydrogens (tertiary/aromatic N) is 1. The second kappa shape index (κ2) is 5.14. The highest BCUT2D eigenvalue weighted by molar-refractivity contribution is 7.13. The van der Waals surface area contributed by atoms with Crippen LogP contribution in [0.2, 0.25) is 0 Å². The summed E-state index contributed by atoms with van der Waals surface area (Å²) in [5.74, 6) is -0.328. The number of hydrogen-bond acceptors (Lipinski definition) is 4. The molecule has 0 bridgehead atoms. The molecule has 1 aromatic heterocycles. The number of nitrogens with one attached hydrogen (secondary N) is 1. The Labute approximate surface area is 107 Å². The van der Waals surface area contributed by atoms with E-state index in [0.29, 0.717) is 12.2 Å². The highest BCUT2D eigenvalue weighted by Gasteiger charge is 2.09. The minimum Gasteiger partial charge on any atom is -0.379 e. The number of anilines is 1. The lowest BCUT2D eigenvalue weighted by Gasteiger charge is -2.06. The molecule has 4 nitrogen and oxygen atoms in total. The Kier molecular flexibility index (Phi) is 3.57. The SMILES string of the molecule is Cc1ccc(F)c(NCc2csc([N+](=O)[O-])c2)c1. The van der Waals surface area contributed by atoms with Crippen LogP contribution >= 0.6 is 11.3 Å². The van der Waals surface area contributed by atoms with E-state index in [1.54, 1.807) is 17.5 Å². The zero-order valence-electron chi connectivity index (χ0n) is 9.64. The highest BCUT2D eigenvalue weighted by atomic mass is 32.1. The summed E-state index contributed by atoms with van der Waals surface area (Å²) < 4.78 is 13.4. The van der Waals surface area contributed by atoms with Crippen LogP contribution in [0.4, 0.5) is 15.1 Å². The third-order valence-corrected chi connectivity index (χ3v) is 3.35. The van der Waals surface area contributed by atoms with Crippen molar-refractivity contribution in [3.8, 4) is 0 Å². The van der Waals surface area contributed by atoms with Gasteiger partial charge in [-0.1, -0.05) is 17.4 Å². The minimum absolute atomic E-state index is 0.0940. The third kappa shape index (κ3) is 2.84. The lowest BCUT2D eigenvalue weighted by Crippen LogP contribution is -2.00. The van der Waals surface area contributed by atoms with Gasteiger partial charge in [-0.3, -0.25) is 10.1 Å². The molecule has 0 unspecified atom stereocenters. The van der Waals surface area contributed by atoms with Gasteiger partial charge >= 0.3 is 5.00 Å². The van der Waals surface area contributed by atoms with E-state index in [2.05, 4.69) is 5.32 Å². The van der Waals surface area contributed by atoms with Crippen molar-refractivity contribution in [2.45, 2.75) is 13.5 Å². The Morgan fingerprint density at radius 2 is 2.22 bits per heavy atom. The fourth-order valence-corrected chi connectivity index (χ4v) is 2.25. The van der Waals surface area contributed by atoms with Crippen molar-refractivity contribution >= 4 is 22.0 Å². The summed E-state index contributed by atoms with van der Waals surface area (Å²) in [7, 11) is 0. The third-order valence-electron chi connectivity index (χ3n) is 2.42. The summed E-state index contributed by atoms with van der Waals surface area (Å²) in [6.45, 7) is 2.24. The zero-order chi connectivity index (χ0) is 13.1. The molecule has 6 heteroatoms. The van der Waals surface area contributed by atoms with Crippen molar-refractivity contribution in [2.24, 2.45) is 0 Å². The van der Waals surface area contributed by atoms with Gasteiger partial charge in [0.2, 0.25) is 0 Å². The first-order chi connectivity index (χ1) is 8.56. The predicted molar refractivity (Wildman–Crippen MR) is 69.4 cm³/mol. The standard InChI is InChI=1S/C12H11FN2O2S/c1-8-2-3-10(13)11(4-8)14-6-9-5-12(15(16)17)18-7-9/h2-5,7,14H,6H2,1H3. The van der Waals surface area contributed by atoms with E-state index in [-0.39, 0.29) is 10.8 Å². The van der Waals surface area contributed by atoms with Gasteiger partial charge in [-0.05, 0) is 30.2 Å². The number of hydrogen-bond donors (Lipinski definition) is 1. The van der Waals surface area contributed by atoms with Crippen LogP contribution in [-0.2, 0) is 6.54 Å². The van der Waals surface area contributed by atoms with E-state index >= 15 is 0 Å². The van der Waals surface area contributed by atoms with Crippen LogP contribution in [0.15, 0.2) is 29.6 Å². The molecule has 1 aromatic carbocycles. The van der Waals surface area contributed by atoms with E-state index in [4.69, 9.17) is 0 Å². The van der Waals surface area contributed by atoms with E-state index in [1.165, 1.54) is 12.1 Å². The second-order valence-electron chi connectivity index (χ2n) is 3.89. The van der Waals surface area contributed by atoms with Gasteiger partial charge in [0.1, 0.15) is 5.82 Å². The molecule has 0 aliphatic rings. The first-order valence-electron chi connectivity index (χ1n) is 5.28. The lowest BCUT2D eigenvalue weighted by atomic mass is 10.2. The molecule has 0 fully saturated rings. The monoisotopic (exact) mass is 266 g/mol. The highest BCUT2D eigenvalue weighted by Crippen LogP contribution is 2.24. The van der Waals surface area contributed by atoms with Crippen LogP contribution in [0.1, 0.15) is 11.1 Å². The van der Waals surface area contributed by atoms with Gasteiger partial charge in [0.15, 0.2) is 0 Å². The number of thiophene rings is 1. The zero-order valence-corrected chi connectivity index (χ0v) is 10.5. The smallest absolute Gasteiger partial charge is 0.324 e. The molecular weight excluding hydrogens is 255 g/mol. The number of halogens is 1. The fraction of sp³-hybridized carbons (Fsp3) is 0.167. The van der Waals surface area contributed by atoms with Gasteiger partial charge in [-0.15, -0.1) is 0 Å². The van der Waals surface area contributed by atoms with E-state index in [0.717, 1.165) is 22.5 Å². The number of benzene rings is 1. The first kappa shape index (κ1) is 12.5. The Morgan fingerprint density at radius 1 is 1.44 bits per heavy atom. The molecule has 0 atom stereocenters. The Hall–Kier alpha value is -1.95. The van der Waals surface area contributed by atoms with Crippen molar-refractivity contribution in [3.63, 3.8) is 0 Å². The van der Waals surface area contributed by atoms with Crippen molar-refractivity contribution in [3.05, 3.63) is 56.7 Å². The first-order valence-corrected chi connectivity index (χ1v) is 6.16. The average Bonchev–Trinajstić information content (AvgIpc) is 2.79. The Bertz CT molecular complexity index is 583. The largest absolute Gasteiger partial charge is 0.379 e. The van der Waals surface area contributed by atoms with Gasteiger partial charge in [0.25, 0.3) is 0 Å². The van der Waals surface area contributed by atoms with Crippen molar-refractivity contribution < 1.29 is 9.31 Å². The molecule has 0 aliphatic heterocycles. The molecule has 1 N–H and O–H groups in total. The van der Waals surface area contributed by atoms with E-state index < -0.39 is 4.92 Å². The summed E-state index contributed by atoms with van der Waals surface area (Å²) in [5, 5.41) is 15.2. The molecule has 18 heavy (non-hydrogen) atoms. The second-order valence-corrected chi connectivity index (χ2v) is 4.78. The van der Waals surface area contributed by atoms with Crippen LogP contribution in [0.3, 0.4) is 0 Å². The van der Waals surface area contributed by atoms with Gasteiger partial charge in [0, 0.05) is 18.0 Å². The Morgan fingerprint density at radius 3 is 2.89 bits per heavy atom. The van der Waals surface area contributed by atoms with Crippen molar-refractivity contribution in [2.75, 3.05) is 5.32 Å². The average molecular weight is 266 g/mol. The normalized spacial score (nSPS) is 10.3. The summed E-state index contributed by atoms with van der Waals surface area (Å²) in [4.78, 5) is 10.1. The molecule has 0 spiro atoms. The topological polar surface area (TPSA) is 55.2 Å². The van der Waals surface area contributed by atoms with Crippen LogP contribution in [0, 0.1) is 22.9 Å². The number of aryl methyl sites for hydroxylation is 1. The predicted octanol–water partition coefficient (Wildman–Crippen LogP) is 3.72. The number of nitro groups is 1. The molecular formula is C12H11FN2O2S. The summed E-state index contributed by atoms with van der Waals surface area (Å²) in [6.07, 6.45) is 0. The molecule has 0 saturated carbocycles. The molecule has 0 radical (unpaired) electrons. The Balaban J connectivity index is 2.06. The van der Waals surface area contributed by atoms with Crippen LogP contribution in [0.5, 0.6) is 0 Å². The molecule has 0 saturated heterocycles. The van der Waals surface area contributed by atoms with Gasteiger partial charge in [0.05, 0.1) is 10.6 Å². The summed E-state index contributed by atoms with van der Waals surface area (Å²) in [5.41, 5.74) is 2.13. The van der Waals surface area contributed by atoms with Gasteiger partial charge in [-0.25, -0.2) is 4.39 Å². The van der Waals surface area contributed by atoms with Crippen molar-refractivity contribution in [1.29, 1.82) is 0 Å². The van der Waals surface area contributed by atoms with Crippen molar-refractivity contribution in [1.82, 2.24) is 0 Å². The summed E-state index contributed by atoms with van der Waals surface area (Å²) in [6, 6.07) is 6.28. The summed E-state index contributed by atoms with van der Waals surface area (Å²) >= 11 is 1.07. The van der Waals surface area contributed by atoms with Gasteiger partial charge in [-0.2, -0.15) is 0 Å². The maximum atomic E-state index is 13.4. The maximum absolute atomic E-state index is 13.4. The van der Waals surface area contributed by atoms with Crippen LogP contribution in [0.25, 0.3) is 0 Å². The van der Waals surface area contributed by atoms with Crippen LogP contribution in [-0.4, -0.2) is 4.92 Å². The molecule has 0 amide bonds. The van der Waals surface area contributed by atoms with E-state index in [9.17, 15) is 14.5 Å². The lowest BCUT2D eigenvalue weighted by molar-refractivity contribution is -0.380. The minimum atomic E-state index is -0.429. The quantitative estimate of drug-likeness (QED) is 0.678. The fourth-order valence-electron chi connectivity index (χ4n) is 1.52. The molecule has 94 valence electrons. The van der Waals surface area contributed by atoms with Gasteiger partial charge < -0.3 is 5.32 Å². The molecule has 1 heterocycles. The molecule has 0 aliphatic carbocycles.